The molecule has 3 aliphatic rings. The predicted octanol–water partition coefficient (Wildman–Crippen LogP) is 1.63. The zero-order chi connectivity index (χ0) is 11.5. The molecule has 3 fully saturated rings. The molecule has 0 aromatic carbocycles. The molecule has 1 aliphatic carbocycles. The van der Waals surface area contributed by atoms with Crippen LogP contribution in [0.4, 0.5) is 0 Å². The molecule has 3 heteroatoms. The lowest BCUT2D eigenvalue weighted by atomic mass is 10.1. The van der Waals surface area contributed by atoms with Crippen LogP contribution < -0.4 is 5.32 Å². The fourth-order valence-electron chi connectivity index (χ4n) is 3.32. The van der Waals surface area contributed by atoms with Crippen LogP contribution in [-0.4, -0.2) is 49.8 Å². The van der Waals surface area contributed by atoms with E-state index in [1.165, 1.54) is 64.7 Å². The van der Waals surface area contributed by atoms with Gasteiger partial charge < -0.3 is 15.0 Å². The lowest BCUT2D eigenvalue weighted by Crippen LogP contribution is -2.39. The van der Waals surface area contributed by atoms with Crippen LogP contribution >= 0.6 is 0 Å². The van der Waals surface area contributed by atoms with Crippen molar-refractivity contribution in [2.45, 2.75) is 50.7 Å². The van der Waals surface area contributed by atoms with Crippen LogP contribution in [0.5, 0.6) is 0 Å². The maximum Gasteiger partial charge on any atom is 0.0756 e. The molecule has 17 heavy (non-hydrogen) atoms. The van der Waals surface area contributed by atoms with E-state index in [1.807, 2.05) is 0 Å². The maximum absolute atomic E-state index is 5.85. The second-order valence-electron chi connectivity index (χ2n) is 5.92. The topological polar surface area (TPSA) is 24.5 Å². The summed E-state index contributed by atoms with van der Waals surface area (Å²) in [5.74, 6) is 0.883. The Morgan fingerprint density at radius 1 is 1.12 bits per heavy atom. The highest BCUT2D eigenvalue weighted by Gasteiger charge is 2.40. The molecule has 0 aromatic heterocycles. The van der Waals surface area contributed by atoms with Gasteiger partial charge in [-0.25, -0.2) is 0 Å². The van der Waals surface area contributed by atoms with Gasteiger partial charge in [-0.2, -0.15) is 0 Å². The van der Waals surface area contributed by atoms with Crippen molar-refractivity contribution in [2.75, 3.05) is 32.8 Å². The van der Waals surface area contributed by atoms with Gasteiger partial charge in [-0.05, 0) is 70.6 Å². The molecule has 1 N–H and O–H groups in total. The highest BCUT2D eigenvalue weighted by atomic mass is 16.5. The summed E-state index contributed by atoms with van der Waals surface area (Å²) in [6.07, 6.45) is 8.69. The lowest BCUT2D eigenvalue weighted by molar-refractivity contribution is 0.0810. The van der Waals surface area contributed by atoms with Crippen LogP contribution in [0.15, 0.2) is 0 Å². The van der Waals surface area contributed by atoms with Gasteiger partial charge in [0.25, 0.3) is 0 Å². The van der Waals surface area contributed by atoms with Crippen LogP contribution in [0.25, 0.3) is 0 Å². The van der Waals surface area contributed by atoms with Crippen molar-refractivity contribution in [3.05, 3.63) is 0 Å². The minimum absolute atomic E-state index is 0.543. The van der Waals surface area contributed by atoms with Crippen molar-refractivity contribution in [1.29, 1.82) is 0 Å². The van der Waals surface area contributed by atoms with Gasteiger partial charge in [0, 0.05) is 12.6 Å². The summed E-state index contributed by atoms with van der Waals surface area (Å²) in [4.78, 5) is 2.60. The van der Waals surface area contributed by atoms with Gasteiger partial charge >= 0.3 is 0 Å². The average Bonchev–Trinajstić information content (AvgIpc) is 2.89. The van der Waals surface area contributed by atoms with E-state index in [4.69, 9.17) is 4.74 Å². The fraction of sp³-hybridized carbons (Fsp3) is 1.00. The first-order valence-electron chi connectivity index (χ1n) is 7.51. The van der Waals surface area contributed by atoms with Gasteiger partial charge in [0.05, 0.1) is 6.10 Å². The number of rotatable bonds is 6. The molecule has 2 heterocycles. The third-order valence-electron chi connectivity index (χ3n) is 4.48. The monoisotopic (exact) mass is 238 g/mol. The number of ether oxygens (including phenoxy) is 1. The Morgan fingerprint density at radius 2 is 1.94 bits per heavy atom. The fourth-order valence-corrected chi connectivity index (χ4v) is 3.32. The Labute approximate surface area is 105 Å². The molecule has 2 aliphatic heterocycles. The van der Waals surface area contributed by atoms with E-state index >= 15 is 0 Å². The molecule has 3 rings (SSSR count). The molecule has 0 amide bonds. The van der Waals surface area contributed by atoms with Crippen LogP contribution in [0.3, 0.4) is 0 Å². The normalized spacial score (nSPS) is 34.6. The Bertz CT molecular complexity index is 236. The van der Waals surface area contributed by atoms with Gasteiger partial charge in [0.2, 0.25) is 0 Å². The second-order valence-corrected chi connectivity index (χ2v) is 5.92. The summed E-state index contributed by atoms with van der Waals surface area (Å²) >= 11 is 0. The van der Waals surface area contributed by atoms with Crippen molar-refractivity contribution < 1.29 is 4.74 Å². The highest BCUT2D eigenvalue weighted by Crippen LogP contribution is 2.38. The molecule has 2 unspecified atom stereocenters. The molecule has 3 nitrogen and oxygen atoms in total. The first-order valence-corrected chi connectivity index (χ1v) is 7.51. The molecule has 0 aromatic rings. The highest BCUT2D eigenvalue weighted by molar-refractivity contribution is 4.93. The average molecular weight is 238 g/mol. The van der Waals surface area contributed by atoms with Gasteiger partial charge in [0.1, 0.15) is 0 Å². The molecule has 1 saturated carbocycles. The summed E-state index contributed by atoms with van der Waals surface area (Å²) in [5, 5.41) is 3.73. The summed E-state index contributed by atoms with van der Waals surface area (Å²) in [6, 6.07) is 0.654. The summed E-state index contributed by atoms with van der Waals surface area (Å²) in [5.41, 5.74) is 0. The van der Waals surface area contributed by atoms with Crippen molar-refractivity contribution in [2.24, 2.45) is 5.92 Å². The summed E-state index contributed by atoms with van der Waals surface area (Å²) in [7, 11) is 0. The van der Waals surface area contributed by atoms with E-state index in [0.717, 1.165) is 12.5 Å². The first-order chi connectivity index (χ1) is 8.43. The summed E-state index contributed by atoms with van der Waals surface area (Å²) in [6.45, 7) is 6.10. The zero-order valence-electron chi connectivity index (χ0n) is 10.9. The van der Waals surface area contributed by atoms with E-state index in [0.29, 0.717) is 12.1 Å². The molecular formula is C14H26N2O. The third kappa shape index (κ3) is 3.21. The Balaban J connectivity index is 1.30. The van der Waals surface area contributed by atoms with Gasteiger partial charge in [-0.3, -0.25) is 0 Å². The first kappa shape index (κ1) is 11.9. The van der Waals surface area contributed by atoms with E-state index in [-0.39, 0.29) is 0 Å². The molecule has 2 atom stereocenters. The third-order valence-corrected chi connectivity index (χ3v) is 4.48. The van der Waals surface area contributed by atoms with Crippen LogP contribution in [-0.2, 0) is 4.74 Å². The van der Waals surface area contributed by atoms with Crippen LogP contribution in [0.1, 0.15) is 38.5 Å². The van der Waals surface area contributed by atoms with E-state index in [1.54, 1.807) is 0 Å². The zero-order valence-corrected chi connectivity index (χ0v) is 10.9. The van der Waals surface area contributed by atoms with Crippen LogP contribution in [0.2, 0.25) is 0 Å². The van der Waals surface area contributed by atoms with Gasteiger partial charge in [-0.15, -0.1) is 0 Å². The molecule has 2 saturated heterocycles. The van der Waals surface area contributed by atoms with E-state index in [9.17, 15) is 0 Å². The molecular weight excluding hydrogens is 212 g/mol. The quantitative estimate of drug-likeness (QED) is 0.712. The number of hydrogen-bond acceptors (Lipinski definition) is 3. The van der Waals surface area contributed by atoms with Gasteiger partial charge in [0.15, 0.2) is 0 Å². The van der Waals surface area contributed by atoms with Crippen LogP contribution in [0, 0.1) is 5.92 Å². The summed E-state index contributed by atoms with van der Waals surface area (Å²) < 4.78 is 5.85. The van der Waals surface area contributed by atoms with Crippen molar-refractivity contribution in [3.63, 3.8) is 0 Å². The van der Waals surface area contributed by atoms with Gasteiger partial charge in [-0.1, -0.05) is 0 Å². The minimum atomic E-state index is 0.543. The SMILES string of the molecule is C1CCN(CCCNC2CCOC2C2CC2)C1. The number of hydrogen-bond donors (Lipinski definition) is 1. The minimum Gasteiger partial charge on any atom is -0.376 e. The molecule has 0 bridgehead atoms. The smallest absolute Gasteiger partial charge is 0.0756 e. The largest absolute Gasteiger partial charge is 0.376 e. The van der Waals surface area contributed by atoms with E-state index < -0.39 is 0 Å². The van der Waals surface area contributed by atoms with E-state index in [2.05, 4.69) is 10.2 Å². The van der Waals surface area contributed by atoms with Crippen molar-refractivity contribution in [3.8, 4) is 0 Å². The molecule has 0 radical (unpaired) electrons. The Kier molecular flexibility index (Phi) is 3.99. The standard InChI is InChI=1S/C14H26N2O/c1-2-9-16(8-1)10-3-7-15-13-6-11-17-14(13)12-4-5-12/h12-15H,1-11H2. The van der Waals surface area contributed by atoms with Crippen molar-refractivity contribution in [1.82, 2.24) is 10.2 Å². The predicted molar refractivity (Wildman–Crippen MR) is 69.2 cm³/mol. The maximum atomic E-state index is 5.85. The molecule has 0 spiro atoms. The van der Waals surface area contributed by atoms with Crippen molar-refractivity contribution >= 4 is 0 Å². The molecule has 98 valence electrons. The second kappa shape index (κ2) is 5.68. The number of likely N-dealkylation sites (tertiary alicyclic amines) is 1. The Morgan fingerprint density at radius 3 is 2.71 bits per heavy atom. The number of nitrogens with one attached hydrogen (secondary N) is 1. The Hall–Kier alpha value is -0.120. The lowest BCUT2D eigenvalue weighted by Gasteiger charge is -2.20. The number of nitrogens with zero attached hydrogens (tertiary/aromatic N) is 1.